The molecule has 0 atom stereocenters. The molecule has 0 radical (unpaired) electrons. The van der Waals surface area contributed by atoms with Crippen LogP contribution < -0.4 is 15.0 Å². The van der Waals surface area contributed by atoms with Gasteiger partial charge in [-0.2, -0.15) is 5.10 Å². The van der Waals surface area contributed by atoms with Crippen LogP contribution >= 0.6 is 11.3 Å². The van der Waals surface area contributed by atoms with E-state index < -0.39 is 0 Å². The number of benzene rings is 1. The van der Waals surface area contributed by atoms with Gasteiger partial charge in [-0.1, -0.05) is 0 Å². The number of aromatic amines is 1. The smallest absolute Gasteiger partial charge is 0.326 e. The Kier molecular flexibility index (Phi) is 4.10. The Bertz CT molecular complexity index is 890. The van der Waals surface area contributed by atoms with Crippen molar-refractivity contribution >= 4 is 28.7 Å². The summed E-state index contributed by atoms with van der Waals surface area (Å²) in [6, 6.07) is 5.63. The first-order valence-electron chi connectivity index (χ1n) is 7.95. The van der Waals surface area contributed by atoms with Gasteiger partial charge in [0, 0.05) is 23.8 Å². The quantitative estimate of drug-likeness (QED) is 0.753. The lowest BCUT2D eigenvalue weighted by Gasteiger charge is -2.29. The van der Waals surface area contributed by atoms with Gasteiger partial charge >= 0.3 is 6.03 Å². The third-order valence-electron chi connectivity index (χ3n) is 4.18. The second kappa shape index (κ2) is 6.56. The number of nitrogens with one attached hydrogen (secondary N) is 2. The van der Waals surface area contributed by atoms with Gasteiger partial charge in [0.1, 0.15) is 16.5 Å². The molecule has 1 aromatic carbocycles. The van der Waals surface area contributed by atoms with Crippen molar-refractivity contribution in [2.75, 3.05) is 23.9 Å². The zero-order valence-electron chi connectivity index (χ0n) is 13.7. The number of anilines is 2. The topological polar surface area (TPSA) is 83.1 Å². The van der Waals surface area contributed by atoms with Crippen molar-refractivity contribution in [1.82, 2.24) is 15.2 Å². The van der Waals surface area contributed by atoms with E-state index in [1.807, 2.05) is 23.6 Å². The van der Waals surface area contributed by atoms with E-state index in [1.54, 1.807) is 24.4 Å². The standard InChI is InChI=1S/C17H17N5O2S/c1-24-12-4-5-14-11(9-12)3-2-7-22(14)17(23)20-13-10-19-21-15(13)16-18-6-8-25-16/h4-6,8-10H,2-3,7H2,1H3,(H,19,21)(H,20,23). The average Bonchev–Trinajstić information content (AvgIpc) is 3.31. The SMILES string of the molecule is COc1ccc2c(c1)CCCN2C(=O)Nc1cn[nH]c1-c1nccs1. The minimum Gasteiger partial charge on any atom is -0.497 e. The van der Waals surface area contributed by atoms with Crippen LogP contribution in [0, 0.1) is 0 Å². The van der Waals surface area contributed by atoms with Gasteiger partial charge in [0.15, 0.2) is 0 Å². The number of rotatable bonds is 3. The molecule has 2 amide bonds. The van der Waals surface area contributed by atoms with Crippen LogP contribution in [-0.4, -0.2) is 34.9 Å². The first-order valence-corrected chi connectivity index (χ1v) is 8.83. The molecule has 0 saturated carbocycles. The number of carbonyl (C=O) groups is 1. The number of carbonyl (C=O) groups excluding carboxylic acids is 1. The van der Waals surface area contributed by atoms with Crippen molar-refractivity contribution < 1.29 is 9.53 Å². The number of ether oxygens (including phenoxy) is 1. The number of H-pyrrole nitrogens is 1. The molecule has 7 nitrogen and oxygen atoms in total. The van der Waals surface area contributed by atoms with Gasteiger partial charge in [-0.3, -0.25) is 10.00 Å². The maximum Gasteiger partial charge on any atom is 0.326 e. The fourth-order valence-electron chi connectivity index (χ4n) is 2.98. The second-order valence-electron chi connectivity index (χ2n) is 5.68. The summed E-state index contributed by atoms with van der Waals surface area (Å²) in [5.74, 6) is 0.807. The monoisotopic (exact) mass is 355 g/mol. The molecule has 1 aliphatic rings. The summed E-state index contributed by atoms with van der Waals surface area (Å²) >= 11 is 1.49. The van der Waals surface area contributed by atoms with E-state index >= 15 is 0 Å². The van der Waals surface area contributed by atoms with Crippen LogP contribution in [0.4, 0.5) is 16.2 Å². The molecule has 2 N–H and O–H groups in total. The van der Waals surface area contributed by atoms with Gasteiger partial charge in [-0.25, -0.2) is 9.78 Å². The number of nitrogens with zero attached hydrogens (tertiary/aromatic N) is 3. The number of urea groups is 1. The lowest BCUT2D eigenvalue weighted by atomic mass is 10.0. The van der Waals surface area contributed by atoms with Gasteiger partial charge in [0.05, 0.1) is 19.0 Å². The highest BCUT2D eigenvalue weighted by Crippen LogP contribution is 2.32. The number of hydrogen-bond acceptors (Lipinski definition) is 5. The number of hydrogen-bond donors (Lipinski definition) is 2. The molecule has 0 aliphatic carbocycles. The number of methoxy groups -OCH3 is 1. The summed E-state index contributed by atoms with van der Waals surface area (Å²) in [5.41, 5.74) is 3.38. The minimum atomic E-state index is -0.176. The van der Waals surface area contributed by atoms with E-state index in [-0.39, 0.29) is 6.03 Å². The lowest BCUT2D eigenvalue weighted by molar-refractivity contribution is 0.256. The Balaban J connectivity index is 1.58. The molecule has 4 rings (SSSR count). The normalized spacial score (nSPS) is 13.4. The van der Waals surface area contributed by atoms with Crippen LogP contribution in [0.2, 0.25) is 0 Å². The fraction of sp³-hybridized carbons (Fsp3) is 0.235. The Morgan fingerprint density at radius 3 is 3.16 bits per heavy atom. The Labute approximate surface area is 148 Å². The second-order valence-corrected chi connectivity index (χ2v) is 6.57. The third-order valence-corrected chi connectivity index (χ3v) is 4.97. The van der Waals surface area contributed by atoms with Crippen molar-refractivity contribution in [3.05, 3.63) is 41.5 Å². The summed E-state index contributed by atoms with van der Waals surface area (Å²) in [6.07, 6.45) is 5.18. The van der Waals surface area contributed by atoms with E-state index in [2.05, 4.69) is 20.5 Å². The largest absolute Gasteiger partial charge is 0.497 e. The molecule has 1 aliphatic heterocycles. The predicted octanol–water partition coefficient (Wildman–Crippen LogP) is 3.53. The van der Waals surface area contributed by atoms with Crippen LogP contribution in [0.15, 0.2) is 36.0 Å². The number of aryl methyl sites for hydroxylation is 1. The maximum atomic E-state index is 12.8. The van der Waals surface area contributed by atoms with Crippen LogP contribution in [-0.2, 0) is 6.42 Å². The highest BCUT2D eigenvalue weighted by atomic mass is 32.1. The number of fused-ring (bicyclic) bond motifs is 1. The van der Waals surface area contributed by atoms with Gasteiger partial charge in [0.2, 0.25) is 0 Å². The molecule has 8 heteroatoms. The van der Waals surface area contributed by atoms with E-state index in [0.717, 1.165) is 40.5 Å². The number of thiazole rings is 1. The Hall–Kier alpha value is -2.87. The Morgan fingerprint density at radius 1 is 1.44 bits per heavy atom. The number of amides is 2. The molecular formula is C17H17N5O2S. The van der Waals surface area contributed by atoms with E-state index in [4.69, 9.17) is 4.74 Å². The van der Waals surface area contributed by atoms with Crippen molar-refractivity contribution in [2.45, 2.75) is 12.8 Å². The summed E-state index contributed by atoms with van der Waals surface area (Å²) in [4.78, 5) is 18.9. The van der Waals surface area contributed by atoms with Crippen LogP contribution in [0.25, 0.3) is 10.7 Å². The molecule has 3 heterocycles. The summed E-state index contributed by atoms with van der Waals surface area (Å²) in [5, 5.41) is 12.6. The molecule has 0 unspecified atom stereocenters. The van der Waals surface area contributed by atoms with Crippen molar-refractivity contribution in [3.63, 3.8) is 0 Å². The summed E-state index contributed by atoms with van der Waals surface area (Å²) in [6.45, 7) is 0.676. The minimum absolute atomic E-state index is 0.176. The number of aromatic nitrogens is 3. The van der Waals surface area contributed by atoms with Crippen molar-refractivity contribution in [3.8, 4) is 16.5 Å². The van der Waals surface area contributed by atoms with Crippen LogP contribution in [0.3, 0.4) is 0 Å². The molecule has 0 bridgehead atoms. The zero-order valence-corrected chi connectivity index (χ0v) is 14.5. The fourth-order valence-corrected chi connectivity index (χ4v) is 3.63. The third kappa shape index (κ3) is 2.96. The summed E-state index contributed by atoms with van der Waals surface area (Å²) in [7, 11) is 1.65. The van der Waals surface area contributed by atoms with E-state index in [1.165, 1.54) is 11.3 Å². The van der Waals surface area contributed by atoms with Crippen LogP contribution in [0.1, 0.15) is 12.0 Å². The molecule has 128 valence electrons. The molecule has 25 heavy (non-hydrogen) atoms. The molecule has 2 aromatic heterocycles. The first kappa shape index (κ1) is 15.6. The zero-order chi connectivity index (χ0) is 17.2. The molecule has 0 saturated heterocycles. The Morgan fingerprint density at radius 2 is 2.36 bits per heavy atom. The van der Waals surface area contributed by atoms with Gasteiger partial charge in [-0.05, 0) is 36.6 Å². The van der Waals surface area contributed by atoms with Crippen molar-refractivity contribution in [1.29, 1.82) is 0 Å². The maximum absolute atomic E-state index is 12.8. The highest BCUT2D eigenvalue weighted by molar-refractivity contribution is 7.13. The highest BCUT2D eigenvalue weighted by Gasteiger charge is 2.24. The van der Waals surface area contributed by atoms with Gasteiger partial charge < -0.3 is 10.1 Å². The summed E-state index contributed by atoms with van der Waals surface area (Å²) < 4.78 is 5.28. The van der Waals surface area contributed by atoms with E-state index in [0.29, 0.717) is 12.2 Å². The predicted molar refractivity (Wildman–Crippen MR) is 97.4 cm³/mol. The molecular weight excluding hydrogens is 338 g/mol. The molecule has 0 fully saturated rings. The average molecular weight is 355 g/mol. The molecule has 0 spiro atoms. The van der Waals surface area contributed by atoms with Gasteiger partial charge in [0.25, 0.3) is 0 Å². The van der Waals surface area contributed by atoms with E-state index in [9.17, 15) is 4.79 Å². The van der Waals surface area contributed by atoms with Crippen molar-refractivity contribution in [2.24, 2.45) is 0 Å². The van der Waals surface area contributed by atoms with Crippen LogP contribution in [0.5, 0.6) is 5.75 Å². The lowest BCUT2D eigenvalue weighted by Crippen LogP contribution is -2.38. The molecule has 3 aromatic rings. The van der Waals surface area contributed by atoms with Gasteiger partial charge in [-0.15, -0.1) is 11.3 Å². The first-order chi connectivity index (χ1) is 12.3.